The first kappa shape index (κ1) is 55.4. The number of alkyl carbamates (subject to hydrolysis) is 4. The Kier molecular flexibility index (Phi) is 19.0. The van der Waals surface area contributed by atoms with Gasteiger partial charge in [0, 0.05) is 6.42 Å². The van der Waals surface area contributed by atoms with Gasteiger partial charge in [-0.05, 0) is 95.9 Å². The number of carbonyl (C=O) groups is 5. The predicted molar refractivity (Wildman–Crippen MR) is 223 cm³/mol. The normalized spacial score (nSPS) is 32.8. The van der Waals surface area contributed by atoms with Crippen molar-refractivity contribution in [2.24, 2.45) is 0 Å². The van der Waals surface area contributed by atoms with Gasteiger partial charge in [0.05, 0.1) is 30.8 Å². The zero-order valence-electron chi connectivity index (χ0n) is 39.4. The summed E-state index contributed by atoms with van der Waals surface area (Å²) in [6, 6.07) is -5.93. The zero-order chi connectivity index (χ0) is 49.6. The summed E-state index contributed by atoms with van der Waals surface area (Å²) in [5.41, 5.74) is -4.05. The molecule has 65 heavy (non-hydrogen) atoms. The lowest BCUT2D eigenvalue weighted by atomic mass is 9.83. The summed E-state index contributed by atoms with van der Waals surface area (Å²) in [7, 11) is 0. The molecular weight excluding hydrogens is 869 g/mol. The maximum atomic E-state index is 17.8. The SMILES string of the molecule is CCC(O)C(=O)NC1CC(NC(=O)OC(C)(C)C)C(OC2OC(NC(=O)OC(C)(C)C)C(O)CC2NC(=O)OC(C)(C)C)C(F)C1OC1OC(CO)C(O)C(NC(=O)OC(C)(C)C)C1O. The standard InChI is InChI=1S/C41H72FN5O18/c1-14-21(49)30(53)43-18-15-19(44-34(54)62-38(2,3)4)29(24(42)28(18)60-33-27(52)25(26(51)23(17-48)58-33)46-36(56)64-40(8,9)10)59-32-20(45-35(55)63-39(5,6)7)16-22(50)31(61-32)47-37(57)65-41(11,12)13/h18-29,31-33,48-52H,14-17H2,1-13H3,(H,43,53)(H,44,54)(H,45,55)(H,46,56)(H,47,57). The van der Waals surface area contributed by atoms with Crippen molar-refractivity contribution in [1.82, 2.24) is 26.6 Å². The van der Waals surface area contributed by atoms with Crippen LogP contribution in [0.1, 0.15) is 109 Å². The fraction of sp³-hybridized carbons (Fsp3) is 0.878. The fourth-order valence-corrected chi connectivity index (χ4v) is 6.93. The highest BCUT2D eigenvalue weighted by Gasteiger charge is 2.55. The van der Waals surface area contributed by atoms with Crippen molar-refractivity contribution in [1.29, 1.82) is 0 Å². The van der Waals surface area contributed by atoms with Crippen molar-refractivity contribution in [3.8, 4) is 0 Å². The molecule has 3 fully saturated rings. The third-order valence-corrected chi connectivity index (χ3v) is 9.61. The number of nitrogens with one attached hydrogen (secondary N) is 5. The number of alkyl halides is 1. The van der Waals surface area contributed by atoms with Crippen LogP contribution >= 0.6 is 0 Å². The van der Waals surface area contributed by atoms with Crippen LogP contribution in [0.15, 0.2) is 0 Å². The molecule has 10 N–H and O–H groups in total. The lowest BCUT2D eigenvalue weighted by molar-refractivity contribution is -0.313. The van der Waals surface area contributed by atoms with Gasteiger partial charge in [-0.3, -0.25) is 10.1 Å². The van der Waals surface area contributed by atoms with E-state index in [1.807, 2.05) is 0 Å². The number of carbonyl (C=O) groups excluding carboxylic acids is 5. The summed E-state index contributed by atoms with van der Waals surface area (Å²) < 4.78 is 63.3. The third kappa shape index (κ3) is 17.4. The van der Waals surface area contributed by atoms with Crippen molar-refractivity contribution in [3.63, 3.8) is 0 Å². The molecule has 15 unspecified atom stereocenters. The van der Waals surface area contributed by atoms with Gasteiger partial charge in [0.2, 0.25) is 5.91 Å². The molecule has 3 rings (SSSR count). The highest BCUT2D eigenvalue weighted by Crippen LogP contribution is 2.35. The number of ether oxygens (including phenoxy) is 8. The smallest absolute Gasteiger partial charge is 0.409 e. The minimum atomic E-state index is -2.50. The number of halogens is 1. The predicted octanol–water partition coefficient (Wildman–Crippen LogP) is 0.831. The van der Waals surface area contributed by atoms with E-state index < -0.39 is 158 Å². The highest BCUT2D eigenvalue weighted by atomic mass is 19.1. The Labute approximate surface area is 378 Å². The second-order valence-corrected chi connectivity index (χ2v) is 20.2. The topological polar surface area (TPSA) is 320 Å². The van der Waals surface area contributed by atoms with E-state index in [0.29, 0.717) is 0 Å². The molecule has 0 radical (unpaired) electrons. The Morgan fingerprint density at radius 2 is 1.05 bits per heavy atom. The van der Waals surface area contributed by atoms with Gasteiger partial charge < -0.3 is 84.7 Å². The monoisotopic (exact) mass is 941 g/mol. The molecule has 24 heteroatoms. The van der Waals surface area contributed by atoms with Gasteiger partial charge in [-0.25, -0.2) is 23.6 Å². The van der Waals surface area contributed by atoms with Crippen LogP contribution in [-0.2, 0) is 42.7 Å². The summed E-state index contributed by atoms with van der Waals surface area (Å²) in [6.07, 6.45) is -25.1. The molecule has 23 nitrogen and oxygen atoms in total. The first-order valence-electron chi connectivity index (χ1n) is 21.6. The van der Waals surface area contributed by atoms with E-state index in [9.17, 15) is 49.5 Å². The van der Waals surface area contributed by atoms with Gasteiger partial charge in [-0.1, -0.05) is 6.92 Å². The third-order valence-electron chi connectivity index (χ3n) is 9.61. The molecule has 5 amide bonds. The van der Waals surface area contributed by atoms with Crippen molar-refractivity contribution in [2.45, 2.75) is 224 Å². The average molecular weight is 942 g/mol. The summed E-state index contributed by atoms with van der Waals surface area (Å²) in [5, 5.41) is 66.6. The number of aliphatic hydroxyl groups is 5. The first-order chi connectivity index (χ1) is 29.7. The fourth-order valence-electron chi connectivity index (χ4n) is 6.93. The molecule has 376 valence electrons. The molecule has 0 bridgehead atoms. The molecule has 0 aromatic heterocycles. The van der Waals surface area contributed by atoms with Crippen LogP contribution in [0.4, 0.5) is 23.6 Å². The van der Waals surface area contributed by atoms with Gasteiger partial charge in [0.25, 0.3) is 0 Å². The van der Waals surface area contributed by atoms with Crippen LogP contribution in [0, 0.1) is 0 Å². The van der Waals surface area contributed by atoms with Gasteiger partial charge in [-0.2, -0.15) is 0 Å². The number of amides is 5. The molecule has 0 aromatic carbocycles. The van der Waals surface area contributed by atoms with Gasteiger partial charge in [0.1, 0.15) is 65.1 Å². The Morgan fingerprint density at radius 3 is 1.51 bits per heavy atom. The van der Waals surface area contributed by atoms with E-state index in [2.05, 4.69) is 26.6 Å². The maximum Gasteiger partial charge on any atom is 0.409 e. The van der Waals surface area contributed by atoms with Crippen LogP contribution < -0.4 is 26.6 Å². The second kappa shape index (κ2) is 22.3. The van der Waals surface area contributed by atoms with E-state index in [1.54, 1.807) is 83.1 Å². The summed E-state index contributed by atoms with van der Waals surface area (Å²) in [6.45, 7) is 19.6. The quantitative estimate of drug-likeness (QED) is 0.121. The van der Waals surface area contributed by atoms with Crippen LogP contribution in [0.3, 0.4) is 0 Å². The second-order valence-electron chi connectivity index (χ2n) is 20.2. The Bertz CT molecular complexity index is 1620. The Hall–Kier alpha value is -3.88. The molecule has 2 heterocycles. The van der Waals surface area contributed by atoms with E-state index in [-0.39, 0.29) is 12.8 Å². The summed E-state index contributed by atoms with van der Waals surface area (Å²) in [4.78, 5) is 65.4. The minimum absolute atomic E-state index is 0.0671. The van der Waals surface area contributed by atoms with E-state index in [4.69, 9.17) is 37.9 Å². The van der Waals surface area contributed by atoms with Gasteiger partial charge in [-0.15, -0.1) is 0 Å². The number of rotatable bonds is 12. The van der Waals surface area contributed by atoms with Crippen LogP contribution in [0.25, 0.3) is 0 Å². The van der Waals surface area contributed by atoms with Crippen molar-refractivity contribution in [3.05, 3.63) is 0 Å². The van der Waals surface area contributed by atoms with E-state index in [1.165, 1.54) is 6.92 Å². The molecule has 0 spiro atoms. The molecule has 2 aliphatic heterocycles. The molecular formula is C41H72FN5O18. The van der Waals surface area contributed by atoms with Crippen LogP contribution in [0.2, 0.25) is 0 Å². The minimum Gasteiger partial charge on any atom is -0.444 e. The van der Waals surface area contributed by atoms with E-state index >= 15 is 4.39 Å². The molecule has 2 saturated heterocycles. The molecule has 1 saturated carbocycles. The molecule has 1 aliphatic carbocycles. The maximum absolute atomic E-state index is 17.8. The number of aliphatic hydroxyl groups excluding tert-OH is 5. The van der Waals surface area contributed by atoms with Gasteiger partial charge >= 0.3 is 24.4 Å². The Balaban J connectivity index is 2.14. The van der Waals surface area contributed by atoms with Crippen molar-refractivity contribution in [2.75, 3.05) is 6.61 Å². The van der Waals surface area contributed by atoms with E-state index in [0.717, 1.165) is 0 Å². The van der Waals surface area contributed by atoms with Crippen LogP contribution in [0.5, 0.6) is 0 Å². The average Bonchev–Trinajstić information content (AvgIpc) is 3.12. The van der Waals surface area contributed by atoms with Crippen molar-refractivity contribution < 1.29 is 91.8 Å². The largest absolute Gasteiger partial charge is 0.444 e. The highest BCUT2D eigenvalue weighted by molar-refractivity contribution is 5.80. The lowest BCUT2D eigenvalue weighted by Crippen LogP contribution is -2.70. The molecule has 15 atom stereocenters. The van der Waals surface area contributed by atoms with Crippen molar-refractivity contribution >= 4 is 30.3 Å². The molecule has 3 aliphatic rings. The zero-order valence-corrected chi connectivity index (χ0v) is 39.4. The Morgan fingerprint density at radius 1 is 0.615 bits per heavy atom. The molecule has 0 aromatic rings. The summed E-state index contributed by atoms with van der Waals surface area (Å²) >= 11 is 0. The van der Waals surface area contributed by atoms with Crippen LogP contribution in [-0.4, -0.2) is 177 Å². The summed E-state index contributed by atoms with van der Waals surface area (Å²) in [5.74, 6) is -0.978. The number of hydrogen-bond acceptors (Lipinski definition) is 18. The first-order valence-corrected chi connectivity index (χ1v) is 21.6. The number of hydrogen-bond donors (Lipinski definition) is 10. The lowest BCUT2D eigenvalue weighted by Gasteiger charge is -2.49. The van der Waals surface area contributed by atoms with Gasteiger partial charge in [0.15, 0.2) is 25.0 Å².